The number of likely N-dealkylation sites (tertiary alicyclic amines) is 1. The number of benzene rings is 1. The van der Waals surface area contributed by atoms with Crippen LogP contribution in [0.4, 0.5) is 5.82 Å². The van der Waals surface area contributed by atoms with Crippen molar-refractivity contribution >= 4 is 52.5 Å². The first-order valence-electron chi connectivity index (χ1n) is 15.7. The summed E-state index contributed by atoms with van der Waals surface area (Å²) in [7, 11) is 0. The number of pyridine rings is 1. The van der Waals surface area contributed by atoms with Crippen molar-refractivity contribution < 1.29 is 19.1 Å². The van der Waals surface area contributed by atoms with Crippen LogP contribution in [0, 0.1) is 5.92 Å². The van der Waals surface area contributed by atoms with Crippen molar-refractivity contribution in [1.29, 1.82) is 0 Å². The summed E-state index contributed by atoms with van der Waals surface area (Å²) in [5.74, 6) is 2.09. The summed E-state index contributed by atoms with van der Waals surface area (Å²) < 4.78 is 11.3. The number of piperazine rings is 1. The number of esters is 1. The van der Waals surface area contributed by atoms with Gasteiger partial charge in [0.05, 0.1) is 25.0 Å². The molecule has 2 aliphatic rings. The lowest BCUT2D eigenvalue weighted by molar-refractivity contribution is -0.144. The normalized spacial score (nSPS) is 17.1. The number of hydrogen-bond acceptors (Lipinski definition) is 9. The Kier molecular flexibility index (Phi) is 13.4. The molecular weight excluding hydrogens is 627 g/mol. The quantitative estimate of drug-likeness (QED) is 0.184. The minimum Gasteiger partial charge on any atom is -0.465 e. The van der Waals surface area contributed by atoms with Crippen LogP contribution in [0.1, 0.15) is 39.2 Å². The zero-order valence-electron chi connectivity index (χ0n) is 26.9. The highest BCUT2D eigenvalue weighted by molar-refractivity contribution is 6.34. The SMILES string of the molecule is C=C(N=C(/C=C(\C)CN1CCC(CNC(C)=O)CC1)Oc1ccc(N2CCN(CC(=O)OCC)CC2)nc1)c1cc(Cl)cc(Cl)c1. The summed E-state index contributed by atoms with van der Waals surface area (Å²) >= 11 is 12.5. The largest absolute Gasteiger partial charge is 0.465 e. The van der Waals surface area contributed by atoms with E-state index in [2.05, 4.69) is 38.5 Å². The number of hydrogen-bond donors (Lipinski definition) is 1. The van der Waals surface area contributed by atoms with Gasteiger partial charge in [0, 0.05) is 67.9 Å². The zero-order valence-corrected chi connectivity index (χ0v) is 28.4. The third-order valence-corrected chi connectivity index (χ3v) is 8.36. The second-order valence-electron chi connectivity index (χ2n) is 11.7. The minimum absolute atomic E-state index is 0.0187. The molecule has 248 valence electrons. The van der Waals surface area contributed by atoms with Gasteiger partial charge >= 0.3 is 5.97 Å². The lowest BCUT2D eigenvalue weighted by Gasteiger charge is -2.34. The van der Waals surface area contributed by atoms with Crippen LogP contribution in [0.2, 0.25) is 10.0 Å². The molecule has 1 aromatic carbocycles. The first-order valence-corrected chi connectivity index (χ1v) is 16.5. The molecule has 0 spiro atoms. The Labute approximate surface area is 282 Å². The van der Waals surface area contributed by atoms with Gasteiger partial charge in [-0.2, -0.15) is 0 Å². The van der Waals surface area contributed by atoms with E-state index in [1.54, 1.807) is 31.3 Å². The van der Waals surface area contributed by atoms with Crippen LogP contribution in [-0.4, -0.2) is 98.1 Å². The molecule has 0 aliphatic carbocycles. The number of piperidine rings is 1. The summed E-state index contributed by atoms with van der Waals surface area (Å²) in [5.41, 5.74) is 2.25. The van der Waals surface area contributed by atoms with E-state index in [1.807, 2.05) is 25.1 Å². The Bertz CT molecular complexity index is 1390. The van der Waals surface area contributed by atoms with Crippen LogP contribution in [0.5, 0.6) is 5.75 Å². The maximum Gasteiger partial charge on any atom is 0.320 e. The van der Waals surface area contributed by atoms with Crippen molar-refractivity contribution in [1.82, 2.24) is 20.1 Å². The Balaban J connectivity index is 1.42. The summed E-state index contributed by atoms with van der Waals surface area (Å²) in [6, 6.07) is 9.01. The number of rotatable bonds is 12. The third kappa shape index (κ3) is 11.4. The van der Waals surface area contributed by atoms with Crippen LogP contribution >= 0.6 is 23.2 Å². The lowest BCUT2D eigenvalue weighted by atomic mass is 9.96. The number of carbonyl (C=O) groups excluding carboxylic acids is 2. The van der Waals surface area contributed by atoms with Gasteiger partial charge in [-0.05, 0) is 76.0 Å². The molecule has 2 aliphatic heterocycles. The molecular formula is C34H44Cl2N6O4. The number of nitrogens with zero attached hydrogens (tertiary/aromatic N) is 5. The third-order valence-electron chi connectivity index (χ3n) is 7.93. The van der Waals surface area contributed by atoms with Crippen LogP contribution in [0.3, 0.4) is 0 Å². The number of carbonyl (C=O) groups is 2. The van der Waals surface area contributed by atoms with E-state index < -0.39 is 0 Å². The van der Waals surface area contributed by atoms with Crippen molar-refractivity contribution in [3.8, 4) is 5.75 Å². The fourth-order valence-electron chi connectivity index (χ4n) is 5.51. The molecule has 10 nitrogen and oxygen atoms in total. The molecule has 3 heterocycles. The Morgan fingerprint density at radius 2 is 1.70 bits per heavy atom. The second-order valence-corrected chi connectivity index (χ2v) is 12.6. The monoisotopic (exact) mass is 670 g/mol. The van der Waals surface area contributed by atoms with Crippen LogP contribution in [-0.2, 0) is 14.3 Å². The lowest BCUT2D eigenvalue weighted by Crippen LogP contribution is -2.48. The topological polar surface area (TPSA) is 99.6 Å². The Morgan fingerprint density at radius 1 is 1.02 bits per heavy atom. The van der Waals surface area contributed by atoms with Gasteiger partial charge in [0.15, 0.2) is 0 Å². The van der Waals surface area contributed by atoms with Gasteiger partial charge in [-0.15, -0.1) is 0 Å². The predicted molar refractivity (Wildman–Crippen MR) is 185 cm³/mol. The molecule has 0 radical (unpaired) electrons. The number of nitrogens with one attached hydrogen (secondary N) is 1. The van der Waals surface area contributed by atoms with E-state index in [0.717, 1.165) is 76.6 Å². The highest BCUT2D eigenvalue weighted by Gasteiger charge is 2.21. The van der Waals surface area contributed by atoms with Gasteiger partial charge in [-0.1, -0.05) is 35.4 Å². The predicted octanol–water partition coefficient (Wildman–Crippen LogP) is 5.32. The Morgan fingerprint density at radius 3 is 2.30 bits per heavy atom. The maximum absolute atomic E-state index is 11.8. The van der Waals surface area contributed by atoms with E-state index in [-0.39, 0.29) is 11.9 Å². The van der Waals surface area contributed by atoms with Crippen LogP contribution in [0.25, 0.3) is 5.70 Å². The molecule has 0 unspecified atom stereocenters. The standard InChI is InChI=1S/C34H44Cl2N6O4/c1-5-45-34(44)23-41-12-14-42(15-13-41)32-7-6-31(21-38-32)46-33(39-25(3)28-17-29(35)19-30(36)18-28)16-24(2)22-40-10-8-27(9-11-40)20-37-26(4)43/h6-7,16-19,21,27H,3,5,8-15,20,22-23H2,1-2,4H3,(H,37,43)/b24-16+,39-33?. The van der Waals surface area contributed by atoms with Crippen molar-refractivity contribution in [2.45, 2.75) is 33.6 Å². The summed E-state index contributed by atoms with van der Waals surface area (Å²) in [4.78, 5) is 39.2. The van der Waals surface area contributed by atoms with Crippen molar-refractivity contribution in [2.75, 3.05) is 70.4 Å². The number of halogens is 2. The molecule has 46 heavy (non-hydrogen) atoms. The number of aromatic nitrogens is 1. The molecule has 12 heteroatoms. The number of aliphatic imine (C=N–C) groups is 1. The molecule has 2 saturated heterocycles. The van der Waals surface area contributed by atoms with E-state index in [0.29, 0.717) is 52.0 Å². The number of ether oxygens (including phenoxy) is 2. The van der Waals surface area contributed by atoms with Gasteiger partial charge in [-0.3, -0.25) is 19.4 Å². The van der Waals surface area contributed by atoms with E-state index in [4.69, 9.17) is 37.7 Å². The highest BCUT2D eigenvalue weighted by atomic mass is 35.5. The van der Waals surface area contributed by atoms with E-state index >= 15 is 0 Å². The molecule has 2 aromatic rings. The molecule has 1 aromatic heterocycles. The number of anilines is 1. The molecule has 0 saturated carbocycles. The van der Waals surface area contributed by atoms with Gasteiger partial charge < -0.3 is 19.7 Å². The van der Waals surface area contributed by atoms with Crippen molar-refractivity contribution in [2.24, 2.45) is 10.9 Å². The zero-order chi connectivity index (χ0) is 33.1. The smallest absolute Gasteiger partial charge is 0.320 e. The van der Waals surface area contributed by atoms with Crippen LogP contribution in [0.15, 0.2) is 59.7 Å². The van der Waals surface area contributed by atoms with Crippen molar-refractivity contribution in [3.63, 3.8) is 0 Å². The average molecular weight is 672 g/mol. The van der Waals surface area contributed by atoms with Gasteiger partial charge in [0.2, 0.25) is 11.8 Å². The average Bonchev–Trinajstić information content (AvgIpc) is 3.01. The first-order chi connectivity index (χ1) is 22.1. The van der Waals surface area contributed by atoms with E-state index in [1.165, 1.54) is 0 Å². The minimum atomic E-state index is -0.193. The van der Waals surface area contributed by atoms with Crippen LogP contribution < -0.4 is 15.0 Å². The summed E-state index contributed by atoms with van der Waals surface area (Å²) in [5, 5.41) is 3.93. The fraction of sp³-hybridized carbons (Fsp3) is 0.471. The molecule has 1 amide bonds. The van der Waals surface area contributed by atoms with E-state index in [9.17, 15) is 9.59 Å². The highest BCUT2D eigenvalue weighted by Crippen LogP contribution is 2.25. The van der Waals surface area contributed by atoms with Gasteiger partial charge in [0.25, 0.3) is 0 Å². The van der Waals surface area contributed by atoms with Crippen molar-refractivity contribution in [3.05, 3.63) is 70.4 Å². The number of amides is 1. The van der Waals surface area contributed by atoms with Gasteiger partial charge in [-0.25, -0.2) is 9.98 Å². The molecule has 0 bridgehead atoms. The maximum atomic E-state index is 11.8. The Hall–Kier alpha value is -3.44. The molecule has 4 rings (SSSR count). The summed E-state index contributed by atoms with van der Waals surface area (Å²) in [6.45, 7) is 16.7. The first kappa shape index (κ1) is 35.4. The molecule has 1 N–H and O–H groups in total. The second kappa shape index (κ2) is 17.5. The molecule has 2 fully saturated rings. The van der Waals surface area contributed by atoms with Gasteiger partial charge in [0.1, 0.15) is 11.6 Å². The summed E-state index contributed by atoms with van der Waals surface area (Å²) in [6.07, 6.45) is 5.70. The fourth-order valence-corrected chi connectivity index (χ4v) is 6.04. The molecule has 0 atom stereocenters.